The Morgan fingerprint density at radius 1 is 0.889 bits per heavy atom. The van der Waals surface area contributed by atoms with E-state index >= 15 is 0 Å². The van der Waals surface area contributed by atoms with Gasteiger partial charge in [0.2, 0.25) is 0 Å². The molecule has 0 bridgehead atoms. The summed E-state index contributed by atoms with van der Waals surface area (Å²) in [5.41, 5.74) is 8.97. The van der Waals surface area contributed by atoms with Gasteiger partial charge in [0.1, 0.15) is 5.82 Å². The van der Waals surface area contributed by atoms with Gasteiger partial charge in [-0.15, -0.1) is 5.10 Å². The molecule has 2 aromatic carbocycles. The highest BCUT2D eigenvalue weighted by Crippen LogP contribution is 2.38. The van der Waals surface area contributed by atoms with Crippen LogP contribution in [-0.2, 0) is 12.8 Å². The maximum Gasteiger partial charge on any atom is 0.148 e. The van der Waals surface area contributed by atoms with Crippen molar-refractivity contribution in [2.75, 3.05) is 13.1 Å². The van der Waals surface area contributed by atoms with E-state index in [-0.39, 0.29) is 6.04 Å². The molecule has 0 fully saturated rings. The van der Waals surface area contributed by atoms with E-state index < -0.39 is 0 Å². The second-order valence-electron chi connectivity index (χ2n) is 10.3. The minimum atomic E-state index is 0.254. The number of nitrogens with zero attached hydrogens (tertiary/aromatic N) is 6. The summed E-state index contributed by atoms with van der Waals surface area (Å²) in [6.07, 6.45) is 3.95. The number of fused-ring (bicyclic) bond motifs is 1. The Balaban J connectivity index is 1.48. The van der Waals surface area contributed by atoms with E-state index in [1.54, 1.807) is 0 Å². The molecule has 5 rings (SSSR count). The first-order valence-corrected chi connectivity index (χ1v) is 13.0. The molecule has 1 aliphatic rings. The molecule has 0 saturated heterocycles. The fraction of sp³-hybridized carbons (Fsp3) is 0.414. The third-order valence-electron chi connectivity index (χ3n) is 7.09. The molecule has 0 radical (unpaired) electrons. The van der Waals surface area contributed by atoms with Crippen molar-refractivity contribution >= 4 is 0 Å². The Bertz CT molecular complexity index is 1280. The summed E-state index contributed by atoms with van der Waals surface area (Å²) < 4.78 is 0. The zero-order valence-electron chi connectivity index (χ0n) is 21.7. The molecule has 4 aromatic rings. The van der Waals surface area contributed by atoms with Crippen LogP contribution in [0.1, 0.15) is 61.1 Å². The minimum absolute atomic E-state index is 0.254. The topological polar surface area (TPSA) is 83.5 Å². The lowest BCUT2D eigenvalue weighted by Gasteiger charge is -2.39. The van der Waals surface area contributed by atoms with Crippen molar-refractivity contribution in [1.29, 1.82) is 0 Å². The number of rotatable bonds is 8. The highest BCUT2D eigenvalue weighted by Gasteiger charge is 2.33. The molecule has 1 aliphatic heterocycles. The number of benzene rings is 2. The predicted octanol–water partition coefficient (Wildman–Crippen LogP) is 5.52. The van der Waals surface area contributed by atoms with Crippen LogP contribution in [0.3, 0.4) is 0 Å². The van der Waals surface area contributed by atoms with Gasteiger partial charge >= 0.3 is 0 Å². The minimum Gasteiger partial charge on any atom is -0.294 e. The zero-order valence-corrected chi connectivity index (χ0v) is 21.7. The maximum atomic E-state index is 5.40. The van der Waals surface area contributed by atoms with E-state index in [9.17, 15) is 0 Å². The number of hydrogen-bond acceptors (Lipinski definition) is 6. The number of nitrogens with one attached hydrogen (secondary N) is 1. The lowest BCUT2D eigenvalue weighted by molar-refractivity contribution is 0.136. The van der Waals surface area contributed by atoms with Gasteiger partial charge in [-0.05, 0) is 49.6 Å². The van der Waals surface area contributed by atoms with Crippen molar-refractivity contribution in [3.8, 4) is 22.5 Å². The normalized spacial score (nSPS) is 15.9. The van der Waals surface area contributed by atoms with E-state index in [2.05, 4.69) is 102 Å². The van der Waals surface area contributed by atoms with E-state index in [4.69, 9.17) is 9.97 Å². The molecule has 1 N–H and O–H groups in total. The zero-order chi connectivity index (χ0) is 25.1. The first kappa shape index (κ1) is 24.3. The average Bonchev–Trinajstić information content (AvgIpc) is 3.40. The molecule has 7 heteroatoms. The number of tetrazole rings is 1. The van der Waals surface area contributed by atoms with Crippen molar-refractivity contribution in [1.82, 2.24) is 35.5 Å². The molecule has 0 saturated carbocycles. The van der Waals surface area contributed by atoms with Crippen LogP contribution in [-0.4, -0.2) is 48.6 Å². The first-order valence-electron chi connectivity index (χ1n) is 13.0. The van der Waals surface area contributed by atoms with Gasteiger partial charge < -0.3 is 0 Å². The molecule has 0 spiro atoms. The van der Waals surface area contributed by atoms with Gasteiger partial charge in [-0.3, -0.25) is 4.90 Å². The Hall–Kier alpha value is -3.45. The second-order valence-corrected chi connectivity index (χ2v) is 10.3. The molecule has 1 unspecified atom stereocenters. The SMILES string of the molecule is Cc1ccc(-c2nc3c(nc2-c2ccc(C)cc2)C(C(C)C)N(CCCCc2nnn[nH]2)CC3)cc1. The Kier molecular flexibility index (Phi) is 7.18. The van der Waals surface area contributed by atoms with Gasteiger partial charge in [0.05, 0.1) is 28.8 Å². The summed E-state index contributed by atoms with van der Waals surface area (Å²) in [5, 5.41) is 14.2. The summed E-state index contributed by atoms with van der Waals surface area (Å²) in [4.78, 5) is 13.3. The van der Waals surface area contributed by atoms with Crippen molar-refractivity contribution in [3.05, 3.63) is 76.9 Å². The van der Waals surface area contributed by atoms with Crippen LogP contribution in [0.4, 0.5) is 0 Å². The molecule has 2 aromatic heterocycles. The van der Waals surface area contributed by atoms with Crippen LogP contribution < -0.4 is 0 Å². The molecule has 186 valence electrons. The van der Waals surface area contributed by atoms with E-state index in [0.717, 1.165) is 78.5 Å². The summed E-state index contributed by atoms with van der Waals surface area (Å²) in [6.45, 7) is 10.9. The van der Waals surface area contributed by atoms with Gasteiger partial charge in [-0.2, -0.15) is 0 Å². The number of H-pyrrole nitrogens is 1. The molecule has 7 nitrogen and oxygen atoms in total. The highest BCUT2D eigenvalue weighted by atomic mass is 15.5. The standard InChI is InChI=1S/C29H35N7/c1-19(2)29-28-24(16-18-36(29)17-6-5-7-25-32-34-35-33-25)30-26(22-12-8-20(3)9-13-22)27(31-28)23-14-10-21(4)11-15-23/h8-15,19,29H,5-7,16-18H2,1-4H3,(H,32,33,34,35). The van der Waals surface area contributed by atoms with Crippen molar-refractivity contribution in [3.63, 3.8) is 0 Å². The summed E-state index contributed by atoms with van der Waals surface area (Å²) >= 11 is 0. The summed E-state index contributed by atoms with van der Waals surface area (Å²) in [6, 6.07) is 17.6. The monoisotopic (exact) mass is 481 g/mol. The Morgan fingerprint density at radius 2 is 1.53 bits per heavy atom. The number of aryl methyl sites for hydroxylation is 3. The molecule has 0 amide bonds. The molecule has 36 heavy (non-hydrogen) atoms. The van der Waals surface area contributed by atoms with Gasteiger partial charge in [-0.25, -0.2) is 15.1 Å². The van der Waals surface area contributed by atoms with Crippen LogP contribution in [0.15, 0.2) is 48.5 Å². The van der Waals surface area contributed by atoms with Crippen LogP contribution in [0.5, 0.6) is 0 Å². The predicted molar refractivity (Wildman–Crippen MR) is 142 cm³/mol. The number of hydrogen-bond donors (Lipinski definition) is 1. The highest BCUT2D eigenvalue weighted by molar-refractivity contribution is 5.78. The quantitative estimate of drug-likeness (QED) is 0.334. The molecule has 0 aliphatic carbocycles. The fourth-order valence-electron chi connectivity index (χ4n) is 5.17. The summed E-state index contributed by atoms with van der Waals surface area (Å²) in [7, 11) is 0. The van der Waals surface area contributed by atoms with Gasteiger partial charge in [0.25, 0.3) is 0 Å². The second kappa shape index (κ2) is 10.7. The molecule has 1 atom stereocenters. The lowest BCUT2D eigenvalue weighted by Crippen LogP contribution is -2.40. The molecular weight excluding hydrogens is 446 g/mol. The molecular formula is C29H35N7. The summed E-state index contributed by atoms with van der Waals surface area (Å²) in [5.74, 6) is 1.30. The largest absolute Gasteiger partial charge is 0.294 e. The van der Waals surface area contributed by atoms with Crippen LogP contribution in [0.25, 0.3) is 22.5 Å². The van der Waals surface area contributed by atoms with Crippen molar-refractivity contribution in [2.45, 2.75) is 59.4 Å². The van der Waals surface area contributed by atoms with Gasteiger partial charge in [0, 0.05) is 30.5 Å². The van der Waals surface area contributed by atoms with E-state index in [1.807, 2.05) is 0 Å². The van der Waals surface area contributed by atoms with E-state index in [1.165, 1.54) is 11.1 Å². The van der Waals surface area contributed by atoms with Crippen LogP contribution in [0.2, 0.25) is 0 Å². The van der Waals surface area contributed by atoms with Crippen molar-refractivity contribution < 1.29 is 0 Å². The number of unbranched alkanes of at least 4 members (excludes halogenated alkanes) is 1. The fourth-order valence-corrected chi connectivity index (χ4v) is 5.17. The maximum absolute atomic E-state index is 5.40. The van der Waals surface area contributed by atoms with Gasteiger partial charge in [-0.1, -0.05) is 73.5 Å². The number of aromatic amines is 1. The van der Waals surface area contributed by atoms with Crippen molar-refractivity contribution in [2.24, 2.45) is 5.92 Å². The average molecular weight is 482 g/mol. The lowest BCUT2D eigenvalue weighted by atomic mass is 9.91. The van der Waals surface area contributed by atoms with Crippen LogP contribution in [0, 0.1) is 19.8 Å². The number of aromatic nitrogens is 6. The Morgan fingerprint density at radius 3 is 2.11 bits per heavy atom. The van der Waals surface area contributed by atoms with E-state index in [0.29, 0.717) is 5.92 Å². The third kappa shape index (κ3) is 5.21. The third-order valence-corrected chi connectivity index (χ3v) is 7.09. The van der Waals surface area contributed by atoms with Crippen LogP contribution >= 0.6 is 0 Å². The first-order chi connectivity index (χ1) is 17.5. The smallest absolute Gasteiger partial charge is 0.148 e. The van der Waals surface area contributed by atoms with Gasteiger partial charge in [0.15, 0.2) is 0 Å². The Labute approximate surface area is 213 Å². The molecule has 3 heterocycles.